The Bertz CT molecular complexity index is 618. The van der Waals surface area contributed by atoms with E-state index in [-0.39, 0.29) is 0 Å². The molecule has 0 unspecified atom stereocenters. The molecule has 0 aliphatic rings. The van der Waals surface area contributed by atoms with Crippen LogP contribution in [0.15, 0.2) is 48.5 Å². The molecule has 2 aromatic carbocycles. The van der Waals surface area contributed by atoms with Crippen molar-refractivity contribution in [1.29, 1.82) is 0 Å². The second-order valence-corrected chi connectivity index (χ2v) is 4.40. The van der Waals surface area contributed by atoms with Crippen LogP contribution in [-0.4, -0.2) is 26.0 Å². The van der Waals surface area contributed by atoms with Crippen molar-refractivity contribution in [2.45, 2.75) is 0 Å². The number of nitrogens with zero attached hydrogens (tertiary/aromatic N) is 1. The summed E-state index contributed by atoms with van der Waals surface area (Å²) in [6.45, 7) is 0. The Morgan fingerprint density at radius 3 is 1.45 bits per heavy atom. The number of hydrogen-bond donors (Lipinski definition) is 1. The van der Waals surface area contributed by atoms with E-state index in [1.54, 1.807) is 62.8 Å². The molecule has 22 heavy (non-hydrogen) atoms. The van der Waals surface area contributed by atoms with Crippen molar-refractivity contribution in [3.8, 4) is 11.5 Å². The first-order valence-corrected chi connectivity index (χ1v) is 6.49. The number of carbonyl (C=O) groups is 2. The Kier molecular flexibility index (Phi) is 4.63. The van der Waals surface area contributed by atoms with Gasteiger partial charge in [0, 0.05) is 11.4 Å². The quantitative estimate of drug-likeness (QED) is 0.874. The third-order valence-electron chi connectivity index (χ3n) is 3.08. The standard InChI is InChI=1S/C16H16N2O4/c1-21-13-7-3-11(4-8-13)18(16(20)15(17)19)12-5-9-14(22-2)10-6-12/h3-10H,1-2H3,(H2,17,19). The second kappa shape index (κ2) is 6.62. The number of benzene rings is 2. The number of primary amides is 1. The minimum absolute atomic E-state index is 0.509. The summed E-state index contributed by atoms with van der Waals surface area (Å²) in [4.78, 5) is 24.7. The van der Waals surface area contributed by atoms with Crippen molar-refractivity contribution in [3.63, 3.8) is 0 Å². The van der Waals surface area contributed by atoms with Crippen molar-refractivity contribution in [3.05, 3.63) is 48.5 Å². The number of hydrogen-bond acceptors (Lipinski definition) is 4. The van der Waals surface area contributed by atoms with E-state index in [2.05, 4.69) is 0 Å². The van der Waals surface area contributed by atoms with Crippen LogP contribution in [0.1, 0.15) is 0 Å². The summed E-state index contributed by atoms with van der Waals surface area (Å²) in [5.41, 5.74) is 6.16. The highest BCUT2D eigenvalue weighted by molar-refractivity contribution is 6.41. The van der Waals surface area contributed by atoms with Crippen molar-refractivity contribution in [1.82, 2.24) is 0 Å². The largest absolute Gasteiger partial charge is 0.497 e. The minimum Gasteiger partial charge on any atom is -0.497 e. The molecule has 0 radical (unpaired) electrons. The number of amides is 2. The summed E-state index contributed by atoms with van der Waals surface area (Å²) in [7, 11) is 3.09. The van der Waals surface area contributed by atoms with Gasteiger partial charge in [0.15, 0.2) is 0 Å². The summed E-state index contributed by atoms with van der Waals surface area (Å²) < 4.78 is 10.2. The molecule has 0 heterocycles. The third kappa shape index (κ3) is 3.17. The van der Waals surface area contributed by atoms with E-state index in [9.17, 15) is 9.59 Å². The highest BCUT2D eigenvalue weighted by atomic mass is 16.5. The van der Waals surface area contributed by atoms with E-state index in [0.717, 1.165) is 0 Å². The van der Waals surface area contributed by atoms with E-state index < -0.39 is 11.8 Å². The van der Waals surface area contributed by atoms with Gasteiger partial charge in [-0.25, -0.2) is 0 Å². The highest BCUT2D eigenvalue weighted by Gasteiger charge is 2.22. The van der Waals surface area contributed by atoms with Gasteiger partial charge in [-0.05, 0) is 48.5 Å². The fraction of sp³-hybridized carbons (Fsp3) is 0.125. The zero-order valence-electron chi connectivity index (χ0n) is 12.3. The predicted molar refractivity (Wildman–Crippen MR) is 82.3 cm³/mol. The summed E-state index contributed by atoms with van der Waals surface area (Å²) in [5.74, 6) is -0.572. The number of rotatable bonds is 4. The van der Waals surface area contributed by atoms with Gasteiger partial charge in [-0.2, -0.15) is 0 Å². The molecule has 0 fully saturated rings. The maximum absolute atomic E-state index is 12.1. The van der Waals surface area contributed by atoms with Gasteiger partial charge in [-0.3, -0.25) is 14.5 Å². The Morgan fingerprint density at radius 2 is 1.18 bits per heavy atom. The number of anilines is 2. The first kappa shape index (κ1) is 15.4. The van der Waals surface area contributed by atoms with Gasteiger partial charge < -0.3 is 15.2 Å². The molecule has 114 valence electrons. The summed E-state index contributed by atoms with van der Waals surface area (Å²) in [5, 5.41) is 0. The molecular formula is C16H16N2O4. The summed E-state index contributed by atoms with van der Waals surface area (Å²) in [6, 6.07) is 13.5. The predicted octanol–water partition coefficient (Wildman–Crippen LogP) is 1.85. The Hall–Kier alpha value is -3.02. The molecule has 6 heteroatoms. The van der Waals surface area contributed by atoms with Gasteiger partial charge in [0.05, 0.1) is 14.2 Å². The van der Waals surface area contributed by atoms with Gasteiger partial charge in [-0.15, -0.1) is 0 Å². The van der Waals surface area contributed by atoms with Gasteiger partial charge in [-0.1, -0.05) is 0 Å². The zero-order valence-corrected chi connectivity index (χ0v) is 12.3. The van der Waals surface area contributed by atoms with Crippen LogP contribution in [0.4, 0.5) is 11.4 Å². The second-order valence-electron chi connectivity index (χ2n) is 4.40. The van der Waals surface area contributed by atoms with E-state index in [1.807, 2.05) is 0 Å². The third-order valence-corrected chi connectivity index (χ3v) is 3.08. The maximum Gasteiger partial charge on any atom is 0.320 e. The molecule has 2 amide bonds. The Morgan fingerprint density at radius 1 is 0.818 bits per heavy atom. The average Bonchev–Trinajstić information content (AvgIpc) is 2.56. The van der Waals surface area contributed by atoms with E-state index in [1.165, 1.54) is 4.90 Å². The van der Waals surface area contributed by atoms with Crippen LogP contribution in [0.2, 0.25) is 0 Å². The van der Waals surface area contributed by atoms with Gasteiger partial charge in [0.2, 0.25) is 0 Å². The normalized spacial score (nSPS) is 9.91. The van der Waals surface area contributed by atoms with Gasteiger partial charge in [0.1, 0.15) is 11.5 Å². The lowest BCUT2D eigenvalue weighted by atomic mass is 10.2. The van der Waals surface area contributed by atoms with Crippen LogP contribution in [0.3, 0.4) is 0 Å². The SMILES string of the molecule is COc1ccc(N(C(=O)C(N)=O)c2ccc(OC)cc2)cc1. The number of methoxy groups -OCH3 is 2. The summed E-state index contributed by atoms with van der Waals surface area (Å²) >= 11 is 0. The molecule has 2 N–H and O–H groups in total. The average molecular weight is 300 g/mol. The van der Waals surface area contributed by atoms with Crippen LogP contribution in [-0.2, 0) is 9.59 Å². The molecule has 0 aromatic heterocycles. The molecule has 6 nitrogen and oxygen atoms in total. The van der Waals surface area contributed by atoms with Gasteiger partial charge >= 0.3 is 11.8 Å². The molecular weight excluding hydrogens is 284 g/mol. The first-order valence-electron chi connectivity index (χ1n) is 6.49. The van der Waals surface area contributed by atoms with Crippen LogP contribution in [0, 0.1) is 0 Å². The minimum atomic E-state index is -1.04. The highest BCUT2D eigenvalue weighted by Crippen LogP contribution is 2.28. The van der Waals surface area contributed by atoms with Crippen LogP contribution >= 0.6 is 0 Å². The molecule has 0 saturated heterocycles. The van der Waals surface area contributed by atoms with Crippen LogP contribution in [0.25, 0.3) is 0 Å². The van der Waals surface area contributed by atoms with Crippen molar-refractivity contribution in [2.75, 3.05) is 19.1 Å². The number of nitrogens with two attached hydrogens (primary N) is 1. The van der Waals surface area contributed by atoms with Gasteiger partial charge in [0.25, 0.3) is 0 Å². The lowest BCUT2D eigenvalue weighted by Gasteiger charge is -2.22. The molecule has 0 bridgehead atoms. The van der Waals surface area contributed by atoms with E-state index in [4.69, 9.17) is 15.2 Å². The van der Waals surface area contributed by atoms with E-state index >= 15 is 0 Å². The topological polar surface area (TPSA) is 81.9 Å². The number of carbonyl (C=O) groups excluding carboxylic acids is 2. The fourth-order valence-electron chi connectivity index (χ4n) is 1.96. The molecule has 0 aliphatic carbocycles. The smallest absolute Gasteiger partial charge is 0.320 e. The zero-order chi connectivity index (χ0) is 16.1. The molecule has 0 aliphatic heterocycles. The van der Waals surface area contributed by atoms with Crippen LogP contribution < -0.4 is 20.1 Å². The Labute approximate surface area is 128 Å². The van der Waals surface area contributed by atoms with E-state index in [0.29, 0.717) is 22.9 Å². The first-order chi connectivity index (χ1) is 10.6. The molecule has 2 aromatic rings. The Balaban J connectivity index is 2.44. The molecule has 0 saturated carbocycles. The fourth-order valence-corrected chi connectivity index (χ4v) is 1.96. The monoisotopic (exact) mass is 300 g/mol. The number of ether oxygens (including phenoxy) is 2. The van der Waals surface area contributed by atoms with Crippen molar-refractivity contribution >= 4 is 23.2 Å². The van der Waals surface area contributed by atoms with Crippen molar-refractivity contribution in [2.24, 2.45) is 5.73 Å². The summed E-state index contributed by atoms with van der Waals surface area (Å²) in [6.07, 6.45) is 0. The molecule has 0 atom stereocenters. The molecule has 0 spiro atoms. The lowest BCUT2D eigenvalue weighted by Crippen LogP contribution is -2.37. The molecule has 2 rings (SSSR count). The maximum atomic E-state index is 12.1. The van der Waals surface area contributed by atoms with Crippen molar-refractivity contribution < 1.29 is 19.1 Å². The lowest BCUT2D eigenvalue weighted by molar-refractivity contribution is -0.135. The van der Waals surface area contributed by atoms with Crippen LogP contribution in [0.5, 0.6) is 11.5 Å².